The zero-order chi connectivity index (χ0) is 13.4. The number of carbonyl (C=O) groups excluding carboxylic acids is 1. The van der Waals surface area contributed by atoms with Crippen molar-refractivity contribution in [3.05, 3.63) is 41.9 Å². The van der Waals surface area contributed by atoms with E-state index in [1.807, 2.05) is 10.8 Å². The molecule has 7 nitrogen and oxygen atoms in total. The lowest BCUT2D eigenvalue weighted by Gasteiger charge is -2.26. The van der Waals surface area contributed by atoms with E-state index >= 15 is 0 Å². The molecule has 98 valence electrons. The molecule has 2 aromatic rings. The highest BCUT2D eigenvalue weighted by molar-refractivity contribution is 5.93. The number of hydrogen-bond donors (Lipinski definition) is 1. The quantitative estimate of drug-likeness (QED) is 0.865. The van der Waals surface area contributed by atoms with E-state index in [-0.39, 0.29) is 17.4 Å². The van der Waals surface area contributed by atoms with E-state index in [1.54, 1.807) is 11.1 Å². The second-order valence-corrected chi connectivity index (χ2v) is 4.23. The van der Waals surface area contributed by atoms with Gasteiger partial charge in [0.1, 0.15) is 5.82 Å². The second kappa shape index (κ2) is 4.27. The average molecular weight is 261 g/mol. The van der Waals surface area contributed by atoms with Crippen molar-refractivity contribution in [2.24, 2.45) is 0 Å². The summed E-state index contributed by atoms with van der Waals surface area (Å²) in [5.74, 6) is -0.890. The third-order valence-electron chi connectivity index (χ3n) is 3.06. The molecular weight excluding hydrogens is 250 g/mol. The SMILES string of the molecule is O=C(O)c1ccc(C(=O)N2CCn3ccnc3C2)o1. The smallest absolute Gasteiger partial charge is 0.371 e. The molecule has 1 amide bonds. The number of carboxylic acids is 1. The lowest BCUT2D eigenvalue weighted by atomic mass is 10.3. The zero-order valence-corrected chi connectivity index (χ0v) is 9.94. The van der Waals surface area contributed by atoms with Crippen LogP contribution in [0.2, 0.25) is 0 Å². The summed E-state index contributed by atoms with van der Waals surface area (Å²) in [6.45, 7) is 1.62. The number of amides is 1. The predicted octanol–water partition coefficient (Wildman–Crippen LogP) is 0.830. The van der Waals surface area contributed by atoms with E-state index < -0.39 is 5.97 Å². The molecule has 1 aliphatic rings. The lowest BCUT2D eigenvalue weighted by molar-refractivity contribution is 0.0636. The molecule has 0 radical (unpaired) electrons. The Labute approximate surface area is 108 Å². The van der Waals surface area contributed by atoms with Crippen molar-refractivity contribution >= 4 is 11.9 Å². The Morgan fingerprint density at radius 2 is 2.05 bits per heavy atom. The molecule has 7 heteroatoms. The molecule has 3 rings (SSSR count). The third-order valence-corrected chi connectivity index (χ3v) is 3.06. The topological polar surface area (TPSA) is 88.6 Å². The summed E-state index contributed by atoms with van der Waals surface area (Å²) in [6, 6.07) is 2.66. The Morgan fingerprint density at radius 1 is 1.26 bits per heavy atom. The monoisotopic (exact) mass is 261 g/mol. The Bertz CT molecular complexity index is 643. The van der Waals surface area contributed by atoms with Crippen LogP contribution in [0.4, 0.5) is 0 Å². The van der Waals surface area contributed by atoms with Crippen molar-refractivity contribution in [2.75, 3.05) is 6.54 Å². The number of aromatic nitrogens is 2. The summed E-state index contributed by atoms with van der Waals surface area (Å²) in [5.41, 5.74) is 0. The first kappa shape index (κ1) is 11.5. The molecular formula is C12H11N3O4. The summed E-state index contributed by atoms with van der Waals surface area (Å²) in [7, 11) is 0. The van der Waals surface area contributed by atoms with Crippen molar-refractivity contribution in [2.45, 2.75) is 13.1 Å². The van der Waals surface area contributed by atoms with E-state index in [0.29, 0.717) is 19.6 Å². The van der Waals surface area contributed by atoms with Gasteiger partial charge in [-0.15, -0.1) is 0 Å². The van der Waals surface area contributed by atoms with Crippen LogP contribution in [-0.4, -0.2) is 38.0 Å². The van der Waals surface area contributed by atoms with Crippen LogP contribution in [0, 0.1) is 0 Å². The summed E-state index contributed by atoms with van der Waals surface area (Å²) in [5, 5.41) is 8.76. The van der Waals surface area contributed by atoms with Crippen LogP contribution in [0.5, 0.6) is 0 Å². The highest BCUT2D eigenvalue weighted by Crippen LogP contribution is 2.16. The number of furan rings is 1. The van der Waals surface area contributed by atoms with Gasteiger partial charge in [0, 0.05) is 25.5 Å². The lowest BCUT2D eigenvalue weighted by Crippen LogP contribution is -2.38. The Kier molecular flexibility index (Phi) is 2.59. The third kappa shape index (κ3) is 1.99. The van der Waals surface area contributed by atoms with Gasteiger partial charge in [-0.2, -0.15) is 0 Å². The maximum Gasteiger partial charge on any atom is 0.371 e. The van der Waals surface area contributed by atoms with Gasteiger partial charge in [-0.05, 0) is 12.1 Å². The number of hydrogen-bond acceptors (Lipinski definition) is 4. The highest BCUT2D eigenvalue weighted by Gasteiger charge is 2.25. The number of imidazole rings is 1. The summed E-state index contributed by atoms with van der Waals surface area (Å²) in [4.78, 5) is 28.6. The average Bonchev–Trinajstić information content (AvgIpc) is 3.06. The fraction of sp³-hybridized carbons (Fsp3) is 0.250. The first-order chi connectivity index (χ1) is 9.15. The number of aromatic carboxylic acids is 1. The van der Waals surface area contributed by atoms with Crippen molar-refractivity contribution < 1.29 is 19.1 Å². The summed E-state index contributed by atoms with van der Waals surface area (Å²) >= 11 is 0. The fourth-order valence-electron chi connectivity index (χ4n) is 2.07. The molecule has 0 saturated carbocycles. The van der Waals surface area contributed by atoms with Crippen LogP contribution < -0.4 is 0 Å². The first-order valence-corrected chi connectivity index (χ1v) is 5.77. The van der Waals surface area contributed by atoms with Gasteiger partial charge < -0.3 is 19.0 Å². The maximum atomic E-state index is 12.2. The minimum atomic E-state index is -1.19. The van der Waals surface area contributed by atoms with Crippen molar-refractivity contribution in [1.82, 2.24) is 14.5 Å². The normalized spacial score (nSPS) is 14.2. The van der Waals surface area contributed by atoms with Crippen LogP contribution in [0.1, 0.15) is 26.9 Å². The largest absolute Gasteiger partial charge is 0.475 e. The van der Waals surface area contributed by atoms with Crippen LogP contribution in [0.25, 0.3) is 0 Å². The number of fused-ring (bicyclic) bond motifs is 1. The first-order valence-electron chi connectivity index (χ1n) is 5.77. The van der Waals surface area contributed by atoms with Crippen molar-refractivity contribution in [3.63, 3.8) is 0 Å². The van der Waals surface area contributed by atoms with Gasteiger partial charge in [0.2, 0.25) is 5.76 Å². The zero-order valence-electron chi connectivity index (χ0n) is 9.94. The van der Waals surface area contributed by atoms with E-state index in [4.69, 9.17) is 9.52 Å². The number of carbonyl (C=O) groups is 2. The van der Waals surface area contributed by atoms with Crippen LogP contribution in [0.3, 0.4) is 0 Å². The molecule has 2 aromatic heterocycles. The Hall–Kier alpha value is -2.57. The molecule has 0 spiro atoms. The van der Waals surface area contributed by atoms with E-state index in [1.165, 1.54) is 12.1 Å². The van der Waals surface area contributed by atoms with Gasteiger partial charge >= 0.3 is 5.97 Å². The standard InChI is InChI=1S/C12H11N3O4/c16-11(8-1-2-9(19-8)12(17)18)15-6-5-14-4-3-13-10(14)7-15/h1-4H,5-7H2,(H,17,18). The highest BCUT2D eigenvalue weighted by atomic mass is 16.4. The molecule has 0 saturated heterocycles. The molecule has 0 unspecified atom stereocenters. The minimum absolute atomic E-state index is 0.0393. The Balaban J connectivity index is 1.79. The molecule has 0 aromatic carbocycles. The van der Waals surface area contributed by atoms with Crippen LogP contribution >= 0.6 is 0 Å². The molecule has 0 bridgehead atoms. The predicted molar refractivity (Wildman–Crippen MR) is 62.6 cm³/mol. The number of nitrogens with zero attached hydrogens (tertiary/aromatic N) is 3. The Morgan fingerprint density at radius 3 is 2.79 bits per heavy atom. The van der Waals surface area contributed by atoms with Crippen LogP contribution in [-0.2, 0) is 13.1 Å². The van der Waals surface area contributed by atoms with E-state index in [9.17, 15) is 9.59 Å². The molecule has 0 atom stereocenters. The van der Waals surface area contributed by atoms with Gasteiger partial charge in [0.05, 0.1) is 6.54 Å². The number of carboxylic acid groups (broad SMARTS) is 1. The van der Waals surface area contributed by atoms with Gasteiger partial charge in [0.25, 0.3) is 5.91 Å². The second-order valence-electron chi connectivity index (χ2n) is 4.23. The molecule has 1 aliphatic heterocycles. The molecule has 0 aliphatic carbocycles. The summed E-state index contributed by atoms with van der Waals surface area (Å²) < 4.78 is 6.99. The van der Waals surface area contributed by atoms with Gasteiger partial charge in [-0.25, -0.2) is 9.78 Å². The van der Waals surface area contributed by atoms with Gasteiger partial charge in [-0.1, -0.05) is 0 Å². The molecule has 0 fully saturated rings. The van der Waals surface area contributed by atoms with Crippen LogP contribution in [0.15, 0.2) is 28.9 Å². The minimum Gasteiger partial charge on any atom is -0.475 e. The fourth-order valence-corrected chi connectivity index (χ4v) is 2.07. The summed E-state index contributed by atoms with van der Waals surface area (Å²) in [6.07, 6.45) is 3.56. The van der Waals surface area contributed by atoms with Gasteiger partial charge in [0.15, 0.2) is 5.76 Å². The molecule has 3 heterocycles. The van der Waals surface area contributed by atoms with Crippen molar-refractivity contribution in [3.8, 4) is 0 Å². The maximum absolute atomic E-state index is 12.2. The molecule has 19 heavy (non-hydrogen) atoms. The number of rotatable bonds is 2. The van der Waals surface area contributed by atoms with Crippen molar-refractivity contribution in [1.29, 1.82) is 0 Å². The molecule has 1 N–H and O–H groups in total. The van der Waals surface area contributed by atoms with E-state index in [0.717, 1.165) is 5.82 Å². The van der Waals surface area contributed by atoms with E-state index in [2.05, 4.69) is 4.98 Å². The van der Waals surface area contributed by atoms with Gasteiger partial charge in [-0.3, -0.25) is 4.79 Å².